The molecule has 4 aromatic rings. The molecule has 0 bridgehead atoms. The minimum absolute atomic E-state index is 0.138. The molecule has 0 spiro atoms. The first-order valence-corrected chi connectivity index (χ1v) is 12.9. The lowest BCUT2D eigenvalue weighted by molar-refractivity contribution is -0.118. The highest BCUT2D eigenvalue weighted by atomic mass is 35.5. The van der Waals surface area contributed by atoms with Crippen molar-refractivity contribution in [3.8, 4) is 0 Å². The summed E-state index contributed by atoms with van der Waals surface area (Å²) in [6, 6.07) is 20.8. The number of benzene rings is 3. The molecule has 5 nitrogen and oxygen atoms in total. The summed E-state index contributed by atoms with van der Waals surface area (Å²) in [6.07, 6.45) is -0.172. The fourth-order valence-corrected chi connectivity index (χ4v) is 5.76. The Morgan fingerprint density at radius 2 is 1.62 bits per heavy atom. The topological polar surface area (TPSA) is 67.3 Å². The Labute approximate surface area is 200 Å². The van der Waals surface area contributed by atoms with E-state index in [0.29, 0.717) is 15.2 Å². The van der Waals surface area contributed by atoms with Crippen LogP contribution in [0.15, 0.2) is 77.7 Å². The van der Waals surface area contributed by atoms with Crippen LogP contribution in [0.5, 0.6) is 0 Å². The second-order valence-electron chi connectivity index (χ2n) is 7.10. The number of hydrogen-bond donors (Lipinski definition) is 0. The molecule has 0 unspecified atom stereocenters. The fourth-order valence-electron chi connectivity index (χ4n) is 3.15. The second kappa shape index (κ2) is 9.58. The average Bonchev–Trinajstić information content (AvgIpc) is 3.19. The van der Waals surface area contributed by atoms with E-state index in [4.69, 9.17) is 23.2 Å². The Morgan fingerprint density at radius 1 is 0.938 bits per heavy atom. The molecule has 0 saturated heterocycles. The molecule has 0 aliphatic carbocycles. The Morgan fingerprint density at radius 3 is 2.34 bits per heavy atom. The average molecular weight is 505 g/mol. The van der Waals surface area contributed by atoms with E-state index in [9.17, 15) is 13.2 Å². The summed E-state index contributed by atoms with van der Waals surface area (Å²) in [4.78, 5) is 19.5. The SMILES string of the molecule is O=C(CCS(=O)(=O)c1ccc(Cl)cc1)N(Cc1ccccc1)c1nc2ccc(Cl)cc2s1. The second-order valence-corrected chi connectivity index (χ2v) is 11.1. The molecule has 1 heterocycles. The normalized spacial score (nSPS) is 11.6. The minimum atomic E-state index is -3.63. The summed E-state index contributed by atoms with van der Waals surface area (Å²) >= 11 is 13.3. The number of carbonyl (C=O) groups excluding carboxylic acids is 1. The molecule has 1 aromatic heterocycles. The summed E-state index contributed by atoms with van der Waals surface area (Å²) in [5.41, 5.74) is 1.65. The molecule has 0 aliphatic rings. The van der Waals surface area contributed by atoms with E-state index in [1.165, 1.54) is 40.5 Å². The Balaban J connectivity index is 1.60. The van der Waals surface area contributed by atoms with Gasteiger partial charge >= 0.3 is 0 Å². The summed E-state index contributed by atoms with van der Waals surface area (Å²) in [5, 5.41) is 1.53. The van der Waals surface area contributed by atoms with Crippen molar-refractivity contribution < 1.29 is 13.2 Å². The smallest absolute Gasteiger partial charge is 0.230 e. The number of rotatable bonds is 7. The van der Waals surface area contributed by atoms with Gasteiger partial charge in [-0.05, 0) is 48.0 Å². The van der Waals surface area contributed by atoms with E-state index in [1.54, 1.807) is 18.2 Å². The van der Waals surface area contributed by atoms with E-state index < -0.39 is 9.84 Å². The first-order chi connectivity index (χ1) is 15.3. The number of hydrogen-bond acceptors (Lipinski definition) is 5. The van der Waals surface area contributed by atoms with Crippen LogP contribution < -0.4 is 4.90 Å². The third-order valence-electron chi connectivity index (χ3n) is 4.81. The molecule has 0 radical (unpaired) electrons. The predicted molar refractivity (Wildman–Crippen MR) is 130 cm³/mol. The number of sulfone groups is 1. The van der Waals surface area contributed by atoms with Gasteiger partial charge in [-0.2, -0.15) is 0 Å². The van der Waals surface area contributed by atoms with Gasteiger partial charge in [0, 0.05) is 16.5 Å². The van der Waals surface area contributed by atoms with Gasteiger partial charge in [-0.3, -0.25) is 9.69 Å². The van der Waals surface area contributed by atoms with Crippen molar-refractivity contribution in [2.45, 2.75) is 17.9 Å². The Bertz CT molecular complexity index is 1360. The molecule has 0 saturated carbocycles. The molecule has 32 heavy (non-hydrogen) atoms. The summed E-state index contributed by atoms with van der Waals surface area (Å²) < 4.78 is 26.3. The number of thiazole rings is 1. The van der Waals surface area contributed by atoms with E-state index in [1.807, 2.05) is 30.3 Å². The van der Waals surface area contributed by atoms with Crippen molar-refractivity contribution in [3.63, 3.8) is 0 Å². The molecule has 4 rings (SSSR count). The quantitative estimate of drug-likeness (QED) is 0.309. The van der Waals surface area contributed by atoms with Gasteiger partial charge in [0.15, 0.2) is 15.0 Å². The maximum absolute atomic E-state index is 13.2. The molecule has 0 aliphatic heterocycles. The van der Waals surface area contributed by atoms with Crippen molar-refractivity contribution in [2.24, 2.45) is 0 Å². The number of anilines is 1. The molecule has 0 N–H and O–H groups in total. The molecule has 1 amide bonds. The van der Waals surface area contributed by atoms with Crippen LogP contribution >= 0.6 is 34.5 Å². The zero-order valence-electron chi connectivity index (χ0n) is 16.7. The van der Waals surface area contributed by atoms with Crippen LogP contribution in [0.3, 0.4) is 0 Å². The predicted octanol–water partition coefficient (Wildman–Crippen LogP) is 6.00. The Kier molecular flexibility index (Phi) is 6.81. The van der Waals surface area contributed by atoms with Crippen LogP contribution in [0.1, 0.15) is 12.0 Å². The lowest BCUT2D eigenvalue weighted by Crippen LogP contribution is -2.31. The van der Waals surface area contributed by atoms with E-state index in [2.05, 4.69) is 4.98 Å². The highest BCUT2D eigenvalue weighted by Crippen LogP contribution is 2.32. The first-order valence-electron chi connectivity index (χ1n) is 9.70. The van der Waals surface area contributed by atoms with Crippen LogP contribution in [0.2, 0.25) is 10.0 Å². The van der Waals surface area contributed by atoms with Crippen LogP contribution in [0.4, 0.5) is 5.13 Å². The summed E-state index contributed by atoms with van der Waals surface area (Å²) in [5.74, 6) is -0.633. The molecular weight excluding hydrogens is 487 g/mol. The largest absolute Gasteiger partial charge is 0.284 e. The fraction of sp³-hybridized carbons (Fsp3) is 0.130. The van der Waals surface area contributed by atoms with Gasteiger partial charge in [-0.1, -0.05) is 64.9 Å². The highest BCUT2D eigenvalue weighted by Gasteiger charge is 2.23. The van der Waals surface area contributed by atoms with E-state index in [-0.39, 0.29) is 29.5 Å². The van der Waals surface area contributed by atoms with Crippen LogP contribution in [0, 0.1) is 0 Å². The summed E-state index contributed by atoms with van der Waals surface area (Å²) in [7, 11) is -3.63. The molecule has 3 aromatic carbocycles. The van der Waals surface area contributed by atoms with Crippen LogP contribution in [-0.2, 0) is 21.2 Å². The maximum atomic E-state index is 13.2. The standard InChI is InChI=1S/C23H18Cl2N2O3S2/c24-17-6-9-19(10-7-17)32(29,30)13-12-22(28)27(15-16-4-2-1-3-5-16)23-26-20-11-8-18(25)14-21(20)31-23/h1-11,14H,12-13,15H2. The highest BCUT2D eigenvalue weighted by molar-refractivity contribution is 7.91. The minimum Gasteiger partial charge on any atom is -0.284 e. The molecule has 164 valence electrons. The number of halogens is 2. The van der Waals surface area contributed by atoms with Gasteiger partial charge in [0.25, 0.3) is 0 Å². The van der Waals surface area contributed by atoms with Crippen molar-refractivity contribution >= 4 is 65.6 Å². The zero-order valence-corrected chi connectivity index (χ0v) is 19.9. The van der Waals surface area contributed by atoms with Crippen LogP contribution in [0.25, 0.3) is 10.2 Å². The number of amides is 1. The monoisotopic (exact) mass is 504 g/mol. The molecule has 9 heteroatoms. The van der Waals surface area contributed by atoms with Gasteiger partial charge in [0.05, 0.1) is 27.4 Å². The number of carbonyl (C=O) groups is 1. The van der Waals surface area contributed by atoms with Crippen molar-refractivity contribution in [1.29, 1.82) is 0 Å². The van der Waals surface area contributed by atoms with Gasteiger partial charge in [-0.25, -0.2) is 13.4 Å². The zero-order chi connectivity index (χ0) is 22.7. The van der Waals surface area contributed by atoms with E-state index >= 15 is 0 Å². The van der Waals surface area contributed by atoms with Crippen molar-refractivity contribution in [2.75, 3.05) is 10.7 Å². The van der Waals surface area contributed by atoms with Crippen molar-refractivity contribution in [1.82, 2.24) is 4.98 Å². The lowest BCUT2D eigenvalue weighted by atomic mass is 10.2. The maximum Gasteiger partial charge on any atom is 0.230 e. The van der Waals surface area contributed by atoms with Gasteiger partial charge in [-0.15, -0.1) is 0 Å². The molecule has 0 atom stereocenters. The Hall–Kier alpha value is -2.45. The van der Waals surface area contributed by atoms with Gasteiger partial charge in [0.1, 0.15) is 0 Å². The van der Waals surface area contributed by atoms with Gasteiger partial charge < -0.3 is 0 Å². The van der Waals surface area contributed by atoms with Gasteiger partial charge in [0.2, 0.25) is 5.91 Å². The third kappa shape index (κ3) is 5.30. The number of fused-ring (bicyclic) bond motifs is 1. The first kappa shape index (κ1) is 22.7. The lowest BCUT2D eigenvalue weighted by Gasteiger charge is -2.20. The molecule has 0 fully saturated rings. The number of nitrogens with zero attached hydrogens (tertiary/aromatic N) is 2. The summed E-state index contributed by atoms with van der Waals surface area (Å²) in [6.45, 7) is 0.286. The van der Waals surface area contributed by atoms with E-state index in [0.717, 1.165) is 15.8 Å². The third-order valence-corrected chi connectivity index (χ3v) is 8.07. The molecular formula is C23H18Cl2N2O3S2. The number of aromatic nitrogens is 1. The van der Waals surface area contributed by atoms with Crippen LogP contribution in [-0.4, -0.2) is 25.1 Å². The van der Waals surface area contributed by atoms with Crippen molar-refractivity contribution in [3.05, 3.63) is 88.4 Å².